The van der Waals surface area contributed by atoms with Gasteiger partial charge in [-0.25, -0.2) is 4.98 Å². The molecule has 6 heteroatoms. The highest BCUT2D eigenvalue weighted by Crippen LogP contribution is 2.15. The van der Waals surface area contributed by atoms with E-state index in [1.165, 1.54) is 0 Å². The largest absolute Gasteiger partial charge is 0.306 e. The van der Waals surface area contributed by atoms with Gasteiger partial charge in [0.15, 0.2) is 0 Å². The van der Waals surface area contributed by atoms with E-state index in [0.717, 1.165) is 5.69 Å². The number of pyridine rings is 1. The molecule has 2 rings (SSSR count). The van der Waals surface area contributed by atoms with Gasteiger partial charge < -0.3 is 4.90 Å². The van der Waals surface area contributed by atoms with Crippen LogP contribution in [0.3, 0.4) is 0 Å². The van der Waals surface area contributed by atoms with Crippen LogP contribution in [0.4, 0.5) is 5.69 Å². The van der Waals surface area contributed by atoms with Crippen molar-refractivity contribution in [1.29, 1.82) is 0 Å². The zero-order valence-corrected chi connectivity index (χ0v) is 11.3. The minimum absolute atomic E-state index is 0.197. The molecule has 0 bridgehead atoms. The standard InChI is InChI=1S/C13H17N5O/c1-4-18(10-5-7-14-8-6-10)13(19)12-15-11(9(2)3)16-17-12/h5-9H,4H2,1-3H3,(H,15,16,17). The smallest absolute Gasteiger partial charge is 0.297 e. The zero-order chi connectivity index (χ0) is 13.8. The molecule has 2 aromatic rings. The molecule has 1 N–H and O–H groups in total. The summed E-state index contributed by atoms with van der Waals surface area (Å²) >= 11 is 0. The molecule has 0 saturated carbocycles. The predicted octanol–water partition coefficient (Wildman–Crippen LogP) is 1.99. The van der Waals surface area contributed by atoms with E-state index < -0.39 is 0 Å². The fourth-order valence-corrected chi connectivity index (χ4v) is 1.72. The number of carbonyl (C=O) groups excluding carboxylic acids is 1. The highest BCUT2D eigenvalue weighted by molar-refractivity contribution is 6.03. The van der Waals surface area contributed by atoms with E-state index >= 15 is 0 Å². The molecule has 1 amide bonds. The summed E-state index contributed by atoms with van der Waals surface area (Å²) in [6, 6.07) is 3.58. The summed E-state index contributed by atoms with van der Waals surface area (Å²) in [5.41, 5.74) is 0.790. The zero-order valence-electron chi connectivity index (χ0n) is 11.3. The van der Waals surface area contributed by atoms with Crippen LogP contribution in [0.25, 0.3) is 0 Å². The molecule has 19 heavy (non-hydrogen) atoms. The minimum Gasteiger partial charge on any atom is -0.306 e. The maximum Gasteiger partial charge on any atom is 0.297 e. The monoisotopic (exact) mass is 259 g/mol. The first-order valence-electron chi connectivity index (χ1n) is 6.27. The van der Waals surface area contributed by atoms with Crippen molar-refractivity contribution in [3.8, 4) is 0 Å². The lowest BCUT2D eigenvalue weighted by molar-refractivity contribution is 0.0978. The Labute approximate surface area is 111 Å². The summed E-state index contributed by atoms with van der Waals surface area (Å²) in [5, 5.41) is 6.78. The lowest BCUT2D eigenvalue weighted by Crippen LogP contribution is -2.31. The van der Waals surface area contributed by atoms with Crippen molar-refractivity contribution >= 4 is 11.6 Å². The van der Waals surface area contributed by atoms with Gasteiger partial charge in [0, 0.05) is 30.5 Å². The van der Waals surface area contributed by atoms with Crippen molar-refractivity contribution in [1.82, 2.24) is 20.2 Å². The summed E-state index contributed by atoms with van der Waals surface area (Å²) in [5.74, 6) is 0.915. The van der Waals surface area contributed by atoms with Gasteiger partial charge in [-0.1, -0.05) is 13.8 Å². The number of nitrogens with zero attached hydrogens (tertiary/aromatic N) is 4. The Bertz CT molecular complexity index is 549. The lowest BCUT2D eigenvalue weighted by Gasteiger charge is -2.18. The Kier molecular flexibility index (Phi) is 3.89. The van der Waals surface area contributed by atoms with Crippen LogP contribution < -0.4 is 4.90 Å². The Morgan fingerprint density at radius 2 is 2.05 bits per heavy atom. The molecule has 2 heterocycles. The molecular weight excluding hydrogens is 242 g/mol. The van der Waals surface area contributed by atoms with Crippen LogP contribution in [-0.4, -0.2) is 32.6 Å². The number of anilines is 1. The number of aromatic amines is 1. The number of carbonyl (C=O) groups is 1. The van der Waals surface area contributed by atoms with Gasteiger partial charge in [-0.05, 0) is 19.1 Å². The molecule has 0 saturated heterocycles. The summed E-state index contributed by atoms with van der Waals surface area (Å²) in [4.78, 5) is 22.2. The maximum atomic E-state index is 12.4. The van der Waals surface area contributed by atoms with E-state index in [1.807, 2.05) is 20.8 Å². The van der Waals surface area contributed by atoms with Crippen LogP contribution >= 0.6 is 0 Å². The van der Waals surface area contributed by atoms with Crippen LogP contribution in [-0.2, 0) is 0 Å². The maximum absolute atomic E-state index is 12.4. The third kappa shape index (κ3) is 2.78. The quantitative estimate of drug-likeness (QED) is 0.911. The number of rotatable bonds is 4. The Balaban J connectivity index is 2.26. The second-order valence-electron chi connectivity index (χ2n) is 4.45. The highest BCUT2D eigenvalue weighted by atomic mass is 16.2. The molecule has 0 unspecified atom stereocenters. The molecule has 0 spiro atoms. The van der Waals surface area contributed by atoms with Gasteiger partial charge in [-0.15, -0.1) is 5.10 Å². The Morgan fingerprint density at radius 3 is 2.58 bits per heavy atom. The molecule has 2 aromatic heterocycles. The number of hydrogen-bond donors (Lipinski definition) is 1. The van der Waals surface area contributed by atoms with E-state index in [2.05, 4.69) is 20.2 Å². The van der Waals surface area contributed by atoms with Gasteiger partial charge >= 0.3 is 0 Å². The fraction of sp³-hybridized carbons (Fsp3) is 0.385. The van der Waals surface area contributed by atoms with Crippen molar-refractivity contribution in [3.63, 3.8) is 0 Å². The minimum atomic E-state index is -0.211. The van der Waals surface area contributed by atoms with Crippen molar-refractivity contribution < 1.29 is 4.79 Å². The van der Waals surface area contributed by atoms with E-state index in [9.17, 15) is 4.79 Å². The van der Waals surface area contributed by atoms with Gasteiger partial charge in [0.05, 0.1) is 0 Å². The first-order chi connectivity index (χ1) is 9.13. The predicted molar refractivity (Wildman–Crippen MR) is 72.1 cm³/mol. The third-order valence-electron chi connectivity index (χ3n) is 2.78. The molecule has 0 radical (unpaired) electrons. The highest BCUT2D eigenvalue weighted by Gasteiger charge is 2.21. The van der Waals surface area contributed by atoms with E-state index in [0.29, 0.717) is 12.4 Å². The molecule has 0 aliphatic rings. The molecule has 0 atom stereocenters. The van der Waals surface area contributed by atoms with Crippen LogP contribution in [0.1, 0.15) is 43.1 Å². The topological polar surface area (TPSA) is 74.8 Å². The molecular formula is C13H17N5O. The lowest BCUT2D eigenvalue weighted by atomic mass is 10.2. The molecule has 0 fully saturated rings. The SMILES string of the molecule is CCN(C(=O)c1n[nH]c(C(C)C)n1)c1ccncc1. The van der Waals surface area contributed by atoms with Crippen LogP contribution in [0.5, 0.6) is 0 Å². The molecule has 0 aliphatic heterocycles. The number of aromatic nitrogens is 4. The van der Waals surface area contributed by atoms with Gasteiger partial charge in [-0.2, -0.15) is 0 Å². The normalized spacial score (nSPS) is 10.7. The summed E-state index contributed by atoms with van der Waals surface area (Å²) in [6.45, 7) is 6.45. The average Bonchev–Trinajstić information content (AvgIpc) is 2.90. The summed E-state index contributed by atoms with van der Waals surface area (Å²) in [7, 11) is 0. The van der Waals surface area contributed by atoms with Crippen LogP contribution in [0.2, 0.25) is 0 Å². The van der Waals surface area contributed by atoms with Gasteiger partial charge in [0.25, 0.3) is 5.91 Å². The molecule has 6 nitrogen and oxygen atoms in total. The summed E-state index contributed by atoms with van der Waals surface area (Å²) in [6.07, 6.45) is 3.31. The number of hydrogen-bond acceptors (Lipinski definition) is 4. The van der Waals surface area contributed by atoms with Crippen LogP contribution in [0.15, 0.2) is 24.5 Å². The van der Waals surface area contributed by atoms with E-state index in [4.69, 9.17) is 0 Å². The van der Waals surface area contributed by atoms with Gasteiger partial charge in [0.2, 0.25) is 5.82 Å². The second-order valence-corrected chi connectivity index (χ2v) is 4.45. The third-order valence-corrected chi connectivity index (χ3v) is 2.78. The summed E-state index contributed by atoms with van der Waals surface area (Å²) < 4.78 is 0. The van der Waals surface area contributed by atoms with E-state index in [-0.39, 0.29) is 17.6 Å². The van der Waals surface area contributed by atoms with Gasteiger partial charge in [-0.3, -0.25) is 14.9 Å². The molecule has 0 aromatic carbocycles. The van der Waals surface area contributed by atoms with Gasteiger partial charge in [0.1, 0.15) is 5.82 Å². The number of H-pyrrole nitrogens is 1. The van der Waals surface area contributed by atoms with Crippen molar-refractivity contribution in [2.45, 2.75) is 26.7 Å². The van der Waals surface area contributed by atoms with E-state index in [1.54, 1.807) is 29.4 Å². The van der Waals surface area contributed by atoms with Crippen LogP contribution in [0, 0.1) is 0 Å². The first kappa shape index (κ1) is 13.2. The van der Waals surface area contributed by atoms with Crippen molar-refractivity contribution in [2.75, 3.05) is 11.4 Å². The fourth-order valence-electron chi connectivity index (χ4n) is 1.72. The number of nitrogens with one attached hydrogen (secondary N) is 1. The number of amides is 1. The van der Waals surface area contributed by atoms with Crippen molar-refractivity contribution in [2.24, 2.45) is 0 Å². The van der Waals surface area contributed by atoms with Crippen molar-refractivity contribution in [3.05, 3.63) is 36.2 Å². The Morgan fingerprint density at radius 1 is 1.37 bits per heavy atom. The Hall–Kier alpha value is -2.24. The molecule has 100 valence electrons. The average molecular weight is 259 g/mol. The first-order valence-corrected chi connectivity index (χ1v) is 6.27. The second kappa shape index (κ2) is 5.60. The molecule has 0 aliphatic carbocycles.